The molecule has 172 valence electrons. The van der Waals surface area contributed by atoms with Crippen molar-refractivity contribution in [3.05, 3.63) is 73.0 Å². The Morgan fingerprint density at radius 3 is 2.48 bits per heavy atom. The molecule has 1 amide bonds. The third-order valence-corrected chi connectivity index (χ3v) is 5.88. The summed E-state index contributed by atoms with van der Waals surface area (Å²) in [5.41, 5.74) is -1.10. The Morgan fingerprint density at radius 2 is 1.82 bits per heavy atom. The van der Waals surface area contributed by atoms with E-state index in [1.165, 1.54) is 30.3 Å². The van der Waals surface area contributed by atoms with Gasteiger partial charge in [0.2, 0.25) is 0 Å². The highest BCUT2D eigenvalue weighted by Crippen LogP contribution is 2.39. The third kappa shape index (κ3) is 5.20. The van der Waals surface area contributed by atoms with Crippen LogP contribution < -0.4 is 21.3 Å². The molecule has 0 saturated heterocycles. The standard InChI is InChI=1S/C22H20Cl2N4O5/c23-16-8-13(28-22(32)27-19(30)11-25-28)9-17(24)20(16)33-14-6-7-18(29)15(10-14)21(31)26-12-4-2-1-3-5-12/h6-12,29H,1-5H2,(H,26,31)(H,27,30,32). The lowest BCUT2D eigenvalue weighted by molar-refractivity contribution is 0.0924. The van der Waals surface area contributed by atoms with E-state index in [-0.39, 0.29) is 50.5 Å². The van der Waals surface area contributed by atoms with Crippen LogP contribution in [0.3, 0.4) is 0 Å². The van der Waals surface area contributed by atoms with Gasteiger partial charge in [-0.15, -0.1) is 0 Å². The average molecular weight is 491 g/mol. The van der Waals surface area contributed by atoms with Crippen LogP contribution in [0.5, 0.6) is 17.2 Å². The Kier molecular flexibility index (Phi) is 6.71. The molecular weight excluding hydrogens is 471 g/mol. The molecule has 0 bridgehead atoms. The first-order chi connectivity index (χ1) is 15.8. The molecule has 33 heavy (non-hydrogen) atoms. The minimum Gasteiger partial charge on any atom is -0.507 e. The molecule has 0 spiro atoms. The van der Waals surface area contributed by atoms with Gasteiger partial charge in [0.15, 0.2) is 5.75 Å². The fourth-order valence-corrected chi connectivity index (χ4v) is 4.24. The maximum absolute atomic E-state index is 12.7. The summed E-state index contributed by atoms with van der Waals surface area (Å²) in [4.78, 5) is 38.0. The highest BCUT2D eigenvalue weighted by Gasteiger charge is 2.20. The first-order valence-electron chi connectivity index (χ1n) is 10.3. The van der Waals surface area contributed by atoms with Gasteiger partial charge in [-0.25, -0.2) is 4.79 Å². The number of nitrogens with zero attached hydrogens (tertiary/aromatic N) is 2. The first-order valence-corrected chi connectivity index (χ1v) is 11.1. The van der Waals surface area contributed by atoms with Gasteiger partial charge in [-0.1, -0.05) is 42.5 Å². The molecular formula is C22H20Cl2N4O5. The number of carbonyl (C=O) groups excluding carboxylic acids is 1. The Morgan fingerprint density at radius 1 is 1.12 bits per heavy atom. The molecule has 1 fully saturated rings. The topological polar surface area (TPSA) is 126 Å². The van der Waals surface area contributed by atoms with Crippen LogP contribution in [0, 0.1) is 0 Å². The van der Waals surface area contributed by atoms with E-state index in [0.29, 0.717) is 0 Å². The van der Waals surface area contributed by atoms with Gasteiger partial charge in [0, 0.05) is 6.04 Å². The number of carbonyl (C=O) groups is 1. The number of nitrogens with one attached hydrogen (secondary N) is 2. The molecule has 0 radical (unpaired) electrons. The van der Waals surface area contributed by atoms with E-state index >= 15 is 0 Å². The molecule has 3 N–H and O–H groups in total. The first kappa shape index (κ1) is 22.9. The fraction of sp³-hybridized carbons (Fsp3) is 0.273. The second kappa shape index (κ2) is 9.68. The van der Waals surface area contributed by atoms with Gasteiger partial charge < -0.3 is 15.2 Å². The monoisotopic (exact) mass is 490 g/mol. The minimum atomic E-state index is -0.754. The lowest BCUT2D eigenvalue weighted by Crippen LogP contribution is -2.36. The number of H-pyrrole nitrogens is 1. The van der Waals surface area contributed by atoms with Crippen molar-refractivity contribution < 1.29 is 14.6 Å². The van der Waals surface area contributed by atoms with Crippen molar-refractivity contribution in [3.63, 3.8) is 0 Å². The number of phenols is 1. The fourth-order valence-electron chi connectivity index (χ4n) is 3.69. The zero-order valence-corrected chi connectivity index (χ0v) is 18.8. The number of aromatic amines is 1. The van der Waals surface area contributed by atoms with Gasteiger partial charge in [-0.3, -0.25) is 14.6 Å². The predicted molar refractivity (Wildman–Crippen MR) is 123 cm³/mol. The second-order valence-corrected chi connectivity index (χ2v) is 8.49. The van der Waals surface area contributed by atoms with Crippen molar-refractivity contribution in [1.29, 1.82) is 0 Å². The number of aromatic nitrogens is 3. The highest BCUT2D eigenvalue weighted by atomic mass is 35.5. The smallest absolute Gasteiger partial charge is 0.349 e. The number of amides is 1. The summed E-state index contributed by atoms with van der Waals surface area (Å²) < 4.78 is 6.72. The minimum absolute atomic E-state index is 0.0682. The number of aromatic hydroxyl groups is 1. The van der Waals surface area contributed by atoms with Crippen molar-refractivity contribution in [1.82, 2.24) is 20.1 Å². The number of halogens is 2. The zero-order chi connectivity index (χ0) is 23.5. The van der Waals surface area contributed by atoms with Crippen molar-refractivity contribution in [3.8, 4) is 22.9 Å². The van der Waals surface area contributed by atoms with Crippen LogP contribution in [0.25, 0.3) is 5.69 Å². The summed E-state index contributed by atoms with van der Waals surface area (Å²) in [5, 5.41) is 17.0. The molecule has 1 aromatic heterocycles. The van der Waals surface area contributed by atoms with Crippen molar-refractivity contribution in [2.24, 2.45) is 0 Å². The van der Waals surface area contributed by atoms with Gasteiger partial charge in [0.25, 0.3) is 11.5 Å². The summed E-state index contributed by atoms with van der Waals surface area (Å²) in [7, 11) is 0. The molecule has 2 aromatic carbocycles. The van der Waals surface area contributed by atoms with E-state index in [4.69, 9.17) is 27.9 Å². The van der Waals surface area contributed by atoms with Crippen LogP contribution in [0.1, 0.15) is 42.5 Å². The molecule has 1 aliphatic carbocycles. The van der Waals surface area contributed by atoms with Gasteiger partial charge >= 0.3 is 5.69 Å². The number of benzene rings is 2. The predicted octanol–water partition coefficient (Wildman–Crippen LogP) is 3.79. The number of ether oxygens (including phenoxy) is 1. The summed E-state index contributed by atoms with van der Waals surface area (Å²) in [6.45, 7) is 0. The number of hydrogen-bond donors (Lipinski definition) is 3. The largest absolute Gasteiger partial charge is 0.507 e. The molecule has 9 nitrogen and oxygen atoms in total. The average Bonchev–Trinajstić information content (AvgIpc) is 2.78. The Hall–Kier alpha value is -3.30. The normalized spacial score (nSPS) is 14.1. The van der Waals surface area contributed by atoms with Crippen LogP contribution in [0.4, 0.5) is 0 Å². The zero-order valence-electron chi connectivity index (χ0n) is 17.3. The highest BCUT2D eigenvalue weighted by molar-refractivity contribution is 6.37. The SMILES string of the molecule is O=C(NC1CCCCC1)c1cc(Oc2c(Cl)cc(-n3ncc(=O)[nH]c3=O)cc2Cl)ccc1O. The Bertz CT molecular complexity index is 1290. The molecule has 0 unspecified atom stereocenters. The van der Waals surface area contributed by atoms with E-state index in [1.807, 2.05) is 0 Å². The summed E-state index contributed by atoms with van der Waals surface area (Å²) in [6, 6.07) is 7.10. The molecule has 1 heterocycles. The van der Waals surface area contributed by atoms with E-state index in [0.717, 1.165) is 43.0 Å². The Labute approximate surface area is 197 Å². The third-order valence-electron chi connectivity index (χ3n) is 5.31. The van der Waals surface area contributed by atoms with Crippen molar-refractivity contribution in [2.45, 2.75) is 38.1 Å². The van der Waals surface area contributed by atoms with Gasteiger partial charge in [-0.05, 0) is 43.2 Å². The maximum atomic E-state index is 12.7. The second-order valence-electron chi connectivity index (χ2n) is 7.68. The van der Waals surface area contributed by atoms with Crippen LogP contribution in [0.2, 0.25) is 10.0 Å². The van der Waals surface area contributed by atoms with E-state index in [9.17, 15) is 19.5 Å². The van der Waals surface area contributed by atoms with E-state index < -0.39 is 11.2 Å². The summed E-state index contributed by atoms with van der Waals surface area (Å²) in [5.74, 6) is -0.242. The quantitative estimate of drug-likeness (QED) is 0.499. The van der Waals surface area contributed by atoms with Crippen molar-refractivity contribution in [2.75, 3.05) is 0 Å². The lowest BCUT2D eigenvalue weighted by Gasteiger charge is -2.23. The van der Waals surface area contributed by atoms with Crippen LogP contribution in [-0.2, 0) is 0 Å². The van der Waals surface area contributed by atoms with E-state index in [2.05, 4.69) is 15.4 Å². The molecule has 1 aliphatic rings. The van der Waals surface area contributed by atoms with Crippen LogP contribution in [-0.4, -0.2) is 31.8 Å². The molecule has 11 heteroatoms. The lowest BCUT2D eigenvalue weighted by atomic mass is 9.95. The summed E-state index contributed by atoms with van der Waals surface area (Å²) >= 11 is 12.7. The van der Waals surface area contributed by atoms with Gasteiger partial charge in [0.05, 0.1) is 21.3 Å². The van der Waals surface area contributed by atoms with Crippen LogP contribution >= 0.6 is 23.2 Å². The molecule has 4 rings (SSSR count). The Balaban J connectivity index is 1.58. The van der Waals surface area contributed by atoms with Crippen LogP contribution in [0.15, 0.2) is 46.1 Å². The number of hydrogen-bond acceptors (Lipinski definition) is 6. The number of rotatable bonds is 5. The maximum Gasteiger partial charge on any atom is 0.349 e. The van der Waals surface area contributed by atoms with E-state index in [1.54, 1.807) is 0 Å². The van der Waals surface area contributed by atoms with Crippen molar-refractivity contribution >= 4 is 29.1 Å². The number of phenolic OH excluding ortho intramolecular Hbond substituents is 1. The molecule has 3 aromatic rings. The molecule has 0 aliphatic heterocycles. The van der Waals surface area contributed by atoms with Gasteiger partial charge in [-0.2, -0.15) is 9.78 Å². The molecule has 1 saturated carbocycles. The summed E-state index contributed by atoms with van der Waals surface area (Å²) in [6.07, 6.45) is 6.06. The molecule has 0 atom stereocenters. The van der Waals surface area contributed by atoms with Gasteiger partial charge in [0.1, 0.15) is 17.7 Å².